The van der Waals surface area contributed by atoms with E-state index in [1.165, 1.54) is 11.3 Å². The van der Waals surface area contributed by atoms with E-state index in [4.69, 9.17) is 19.2 Å². The molecule has 0 aliphatic carbocycles. The van der Waals surface area contributed by atoms with Crippen molar-refractivity contribution in [2.24, 2.45) is 4.99 Å². The van der Waals surface area contributed by atoms with Gasteiger partial charge in [0, 0.05) is 5.56 Å². The third-order valence-corrected chi connectivity index (χ3v) is 7.17. The van der Waals surface area contributed by atoms with E-state index in [2.05, 4.69) is 0 Å². The topological polar surface area (TPSA) is 79.1 Å². The van der Waals surface area contributed by atoms with Gasteiger partial charge in [0.15, 0.2) is 16.3 Å². The van der Waals surface area contributed by atoms with Gasteiger partial charge in [-0.25, -0.2) is 9.79 Å². The Kier molecular flexibility index (Phi) is 5.94. The molecule has 184 valence electrons. The zero-order valence-electron chi connectivity index (χ0n) is 19.9. The van der Waals surface area contributed by atoms with E-state index in [0.29, 0.717) is 37.7 Å². The van der Waals surface area contributed by atoms with E-state index in [1.54, 1.807) is 17.6 Å². The molecule has 7 nitrogen and oxygen atoms in total. The number of benzene rings is 3. The molecule has 0 radical (unpaired) electrons. The summed E-state index contributed by atoms with van der Waals surface area (Å²) in [5, 5.41) is 0. The molecule has 1 atom stereocenters. The van der Waals surface area contributed by atoms with Crippen LogP contribution in [0.4, 0.5) is 0 Å². The third-order valence-electron chi connectivity index (χ3n) is 6.18. The van der Waals surface area contributed by atoms with Gasteiger partial charge in [-0.3, -0.25) is 9.36 Å². The number of carbonyl (C=O) groups excluding carboxylic acids is 1. The maximum Gasteiger partial charge on any atom is 0.338 e. The van der Waals surface area contributed by atoms with E-state index in [9.17, 15) is 9.59 Å². The van der Waals surface area contributed by atoms with E-state index >= 15 is 0 Å². The molecule has 0 fully saturated rings. The minimum Gasteiger partial charge on any atom is -0.463 e. The van der Waals surface area contributed by atoms with Crippen molar-refractivity contribution in [3.8, 4) is 11.5 Å². The lowest BCUT2D eigenvalue weighted by atomic mass is 9.93. The molecule has 0 spiro atoms. The summed E-state index contributed by atoms with van der Waals surface area (Å²) in [5.74, 6) is 0.653. The molecular formula is C29H22N2O5S. The number of hydrogen-bond acceptors (Lipinski definition) is 7. The van der Waals surface area contributed by atoms with Gasteiger partial charge in [0.25, 0.3) is 5.56 Å². The van der Waals surface area contributed by atoms with Gasteiger partial charge in [0.2, 0.25) is 6.79 Å². The smallest absolute Gasteiger partial charge is 0.338 e. The van der Waals surface area contributed by atoms with Gasteiger partial charge in [-0.2, -0.15) is 0 Å². The van der Waals surface area contributed by atoms with Gasteiger partial charge >= 0.3 is 5.97 Å². The van der Waals surface area contributed by atoms with Gasteiger partial charge in [-0.05, 0) is 36.3 Å². The van der Waals surface area contributed by atoms with Crippen LogP contribution in [0.3, 0.4) is 0 Å². The predicted molar refractivity (Wildman–Crippen MR) is 140 cm³/mol. The summed E-state index contributed by atoms with van der Waals surface area (Å²) >= 11 is 1.29. The van der Waals surface area contributed by atoms with Crippen LogP contribution in [-0.2, 0) is 9.53 Å². The number of esters is 1. The normalized spacial score (nSPS) is 16.4. The molecule has 0 N–H and O–H groups in total. The Morgan fingerprint density at radius 3 is 2.54 bits per heavy atom. The molecule has 3 heterocycles. The van der Waals surface area contributed by atoms with Crippen molar-refractivity contribution < 1.29 is 19.0 Å². The second kappa shape index (κ2) is 9.55. The number of aromatic nitrogens is 1. The maximum atomic E-state index is 13.9. The molecule has 0 amide bonds. The first-order chi connectivity index (χ1) is 18.1. The highest BCUT2D eigenvalue weighted by Crippen LogP contribution is 2.39. The summed E-state index contributed by atoms with van der Waals surface area (Å²) in [7, 11) is 0. The molecule has 6 rings (SSSR count). The molecule has 0 bridgehead atoms. The number of hydrogen-bond donors (Lipinski definition) is 0. The molecule has 8 heteroatoms. The molecule has 2 aliphatic rings. The first kappa shape index (κ1) is 23.0. The van der Waals surface area contributed by atoms with Crippen molar-refractivity contribution in [1.29, 1.82) is 0 Å². The van der Waals surface area contributed by atoms with E-state index in [1.807, 2.05) is 78.9 Å². The molecular weight excluding hydrogens is 488 g/mol. The fraction of sp³-hybridized carbons (Fsp3) is 0.138. The van der Waals surface area contributed by atoms with Gasteiger partial charge in [-0.15, -0.1) is 0 Å². The molecule has 0 saturated carbocycles. The Balaban J connectivity index is 1.66. The quantitative estimate of drug-likeness (QED) is 0.383. The number of ether oxygens (including phenoxy) is 3. The Morgan fingerprint density at radius 2 is 1.78 bits per heavy atom. The van der Waals surface area contributed by atoms with Crippen LogP contribution in [-0.4, -0.2) is 23.9 Å². The number of nitrogens with zero attached hydrogens (tertiary/aromatic N) is 2. The minimum atomic E-state index is -0.766. The van der Waals surface area contributed by atoms with Crippen molar-refractivity contribution >= 4 is 29.1 Å². The monoisotopic (exact) mass is 510 g/mol. The van der Waals surface area contributed by atoms with Gasteiger partial charge < -0.3 is 14.2 Å². The summed E-state index contributed by atoms with van der Waals surface area (Å²) in [6, 6.07) is 23.8. The molecule has 4 aromatic rings. The van der Waals surface area contributed by atoms with Crippen molar-refractivity contribution in [1.82, 2.24) is 4.57 Å². The number of thiazole rings is 1. The summed E-state index contributed by atoms with van der Waals surface area (Å²) in [5.41, 5.74) is 2.91. The standard InChI is InChI=1S/C29H22N2O5S/c1-2-34-28(33)24-25(19-11-7-4-8-12-19)30-29-31(26(24)20-13-14-21-22(16-20)36-17-35-21)27(32)23(37-29)15-18-9-5-3-6-10-18/h3-16,26H,2,17H2,1H3/b23-15-/t26-/m0/s1. The molecule has 0 unspecified atom stereocenters. The predicted octanol–water partition coefficient (Wildman–Crippen LogP) is 3.66. The highest BCUT2D eigenvalue weighted by Gasteiger charge is 2.36. The maximum absolute atomic E-state index is 13.9. The fourth-order valence-electron chi connectivity index (χ4n) is 4.54. The number of fused-ring (bicyclic) bond motifs is 2. The van der Waals surface area contributed by atoms with Crippen molar-refractivity contribution in [2.45, 2.75) is 13.0 Å². The summed E-state index contributed by atoms with van der Waals surface area (Å²) in [4.78, 5) is 32.7. The fourth-order valence-corrected chi connectivity index (χ4v) is 5.54. The number of rotatable bonds is 5. The zero-order valence-corrected chi connectivity index (χ0v) is 20.7. The second-order valence-corrected chi connectivity index (χ2v) is 9.46. The molecule has 3 aromatic carbocycles. The van der Waals surface area contributed by atoms with Crippen LogP contribution >= 0.6 is 11.3 Å². The average molecular weight is 511 g/mol. The first-order valence-electron chi connectivity index (χ1n) is 11.9. The SMILES string of the molecule is CCOC(=O)C1=C(c2ccccc2)N=c2s/c(=C\c3ccccc3)c(=O)n2[C@H]1c1ccc2c(c1)OCO2. The Bertz CT molecular complexity index is 1700. The highest BCUT2D eigenvalue weighted by atomic mass is 32.1. The third kappa shape index (κ3) is 4.15. The molecule has 37 heavy (non-hydrogen) atoms. The lowest BCUT2D eigenvalue weighted by Gasteiger charge is -2.26. The lowest BCUT2D eigenvalue weighted by Crippen LogP contribution is -2.40. The van der Waals surface area contributed by atoms with Crippen molar-refractivity contribution in [3.63, 3.8) is 0 Å². The molecule has 1 aromatic heterocycles. The van der Waals surface area contributed by atoms with Crippen LogP contribution < -0.4 is 24.4 Å². The average Bonchev–Trinajstić information content (AvgIpc) is 3.52. The Morgan fingerprint density at radius 1 is 1.05 bits per heavy atom. The highest BCUT2D eigenvalue weighted by molar-refractivity contribution is 7.07. The van der Waals surface area contributed by atoms with Crippen LogP contribution in [0.15, 0.2) is 94.2 Å². The van der Waals surface area contributed by atoms with Crippen molar-refractivity contribution in [3.05, 3.63) is 121 Å². The van der Waals surface area contributed by atoms with Gasteiger partial charge in [0.1, 0.15) is 0 Å². The number of carbonyl (C=O) groups is 1. The largest absolute Gasteiger partial charge is 0.463 e. The van der Waals surface area contributed by atoms with Crippen LogP contribution in [0.5, 0.6) is 11.5 Å². The summed E-state index contributed by atoms with van der Waals surface area (Å²) in [6.07, 6.45) is 1.84. The van der Waals surface area contributed by atoms with Crippen LogP contribution in [0.2, 0.25) is 0 Å². The van der Waals surface area contributed by atoms with Gasteiger partial charge in [0.05, 0.1) is 28.5 Å². The zero-order chi connectivity index (χ0) is 25.4. The molecule has 0 saturated heterocycles. The Hall–Kier alpha value is -4.43. The lowest BCUT2D eigenvalue weighted by molar-refractivity contribution is -0.138. The molecule has 2 aliphatic heterocycles. The van der Waals surface area contributed by atoms with Crippen molar-refractivity contribution in [2.75, 3.05) is 13.4 Å². The van der Waals surface area contributed by atoms with Gasteiger partial charge in [-0.1, -0.05) is 78.1 Å². The second-order valence-electron chi connectivity index (χ2n) is 8.45. The van der Waals surface area contributed by atoms with E-state index < -0.39 is 12.0 Å². The minimum absolute atomic E-state index is 0.120. The van der Waals surface area contributed by atoms with Crippen LogP contribution in [0, 0.1) is 0 Å². The van der Waals surface area contributed by atoms with Crippen LogP contribution in [0.1, 0.15) is 29.7 Å². The Labute approximate surface area is 216 Å². The summed E-state index contributed by atoms with van der Waals surface area (Å²) in [6.45, 7) is 2.07. The summed E-state index contributed by atoms with van der Waals surface area (Å²) < 4.78 is 18.7. The van der Waals surface area contributed by atoms with E-state index in [0.717, 1.165) is 11.1 Å². The first-order valence-corrected chi connectivity index (χ1v) is 12.7. The van der Waals surface area contributed by atoms with Crippen LogP contribution in [0.25, 0.3) is 11.8 Å². The van der Waals surface area contributed by atoms with E-state index in [-0.39, 0.29) is 19.0 Å².